The van der Waals surface area contributed by atoms with E-state index in [4.69, 9.17) is 0 Å². The first-order chi connectivity index (χ1) is 42.3. The second-order valence-corrected chi connectivity index (χ2v) is 26.6. The van der Waals surface area contributed by atoms with Gasteiger partial charge in [0.2, 0.25) is 25.4 Å². The number of rotatable bonds is 56. The number of hydrogen-bond acceptors (Lipinski definition) is 0. The van der Waals surface area contributed by atoms with Crippen LogP contribution in [0, 0.1) is 135 Å². The van der Waals surface area contributed by atoms with Gasteiger partial charge >= 0.3 is 93.3 Å². The molecule has 0 unspecified atom stereocenters. The Morgan fingerprint density at radius 3 is 0.843 bits per heavy atom. The summed E-state index contributed by atoms with van der Waals surface area (Å²) in [4.78, 5) is 9.16. The van der Waals surface area contributed by atoms with Gasteiger partial charge in [-0.1, -0.05) is 271 Å². The van der Waals surface area contributed by atoms with Crippen molar-refractivity contribution >= 4 is 25.4 Å². The van der Waals surface area contributed by atoms with Crippen molar-refractivity contribution in [3.63, 3.8) is 0 Å². The molecule has 0 bridgehead atoms. The number of hydrogen-bond donors (Lipinski definition) is 0. The maximum absolute atomic E-state index is 3.93. The van der Waals surface area contributed by atoms with E-state index >= 15 is 0 Å². The molecule has 0 aliphatic carbocycles. The first kappa shape index (κ1) is 96.4. The van der Waals surface area contributed by atoms with Gasteiger partial charge in [0.1, 0.15) is 0 Å². The van der Waals surface area contributed by atoms with Crippen molar-refractivity contribution in [1.29, 1.82) is 0 Å². The van der Waals surface area contributed by atoms with Gasteiger partial charge in [-0.2, -0.15) is 0 Å². The molecule has 8 nitrogen and oxygen atoms in total. The van der Waals surface area contributed by atoms with Crippen LogP contribution >= 0.6 is 0 Å². The summed E-state index contributed by atoms with van der Waals surface area (Å²) in [5.41, 5.74) is 0. The molecule has 0 aromatic carbocycles. The predicted octanol–water partition coefficient (Wildman–Crippen LogP) is 20.2. The van der Waals surface area contributed by atoms with E-state index in [1.54, 1.807) is 0 Å². The fourth-order valence-electron chi connectivity index (χ4n) is 12.3. The fourth-order valence-corrected chi connectivity index (χ4v) is 12.3. The van der Waals surface area contributed by atoms with E-state index in [1.165, 1.54) is 367 Å². The maximum atomic E-state index is 3.93. The first-order valence-electron chi connectivity index (χ1n) is 38.3. The van der Waals surface area contributed by atoms with Gasteiger partial charge in [0.15, 0.2) is 0 Å². The SMILES string of the molecule is C(N1CCCC1)=[N+]1CCCC1.CCCCCCCCCCCCCCCCCCCCCCCCN(C)C=[N+]1CCCC1.[CH2-]CN(C=[N+](C[CH2-])C[CH2-])C[CH2-].[CH2-]C[N+](=CN(C)CCCCCCCCCCCCCCCCCCCCCCCC)C[CH2-].[U+2].[U+2].[U+2]. The Labute approximate surface area is 632 Å². The molecule has 89 heavy (non-hydrogen) atoms. The van der Waals surface area contributed by atoms with Crippen molar-refractivity contribution < 1.29 is 112 Å². The summed E-state index contributed by atoms with van der Waals surface area (Å²) in [7, 11) is 4.41. The normalized spacial score (nSPS) is 13.2. The van der Waals surface area contributed by atoms with Crippen LogP contribution in [0.3, 0.4) is 0 Å². The van der Waals surface area contributed by atoms with Gasteiger partial charge in [-0.15, -0.1) is 0 Å². The van der Waals surface area contributed by atoms with Crippen molar-refractivity contribution in [2.45, 2.75) is 335 Å². The average Bonchev–Trinajstić information content (AvgIpc) is 4.58. The van der Waals surface area contributed by atoms with Crippen LogP contribution < -0.4 is 0 Å². The van der Waals surface area contributed by atoms with E-state index in [1.807, 2.05) is 15.8 Å². The van der Waals surface area contributed by atoms with Crippen molar-refractivity contribution in [2.24, 2.45) is 0 Å². The molecule has 0 aromatic rings. The quantitative estimate of drug-likeness (QED) is 0.0199. The van der Waals surface area contributed by atoms with E-state index in [9.17, 15) is 0 Å². The third-order valence-corrected chi connectivity index (χ3v) is 18.2. The van der Waals surface area contributed by atoms with Gasteiger partial charge in [0.25, 0.3) is 0 Å². The Balaban J connectivity index is -0.000000590. The zero-order chi connectivity index (χ0) is 62.7. The van der Waals surface area contributed by atoms with Crippen LogP contribution in [0.15, 0.2) is 0 Å². The van der Waals surface area contributed by atoms with Crippen LogP contribution in [0.2, 0.25) is 0 Å². The zero-order valence-corrected chi connectivity index (χ0v) is 73.4. The van der Waals surface area contributed by atoms with E-state index in [0.717, 1.165) is 45.8 Å². The van der Waals surface area contributed by atoms with Gasteiger partial charge < -0.3 is 55.6 Å². The third kappa shape index (κ3) is 70.2. The first-order valence-corrected chi connectivity index (χ1v) is 38.3. The molecule has 0 N–H and O–H groups in total. The summed E-state index contributed by atoms with van der Waals surface area (Å²) in [5.74, 6) is 0. The molecule has 0 saturated carbocycles. The molecule has 0 aromatic heterocycles. The van der Waals surface area contributed by atoms with E-state index in [0.29, 0.717) is 0 Å². The monoisotopic (exact) mass is 1920 g/mol. The summed E-state index contributed by atoms with van der Waals surface area (Å²) in [6, 6.07) is 0. The molecule has 3 heterocycles. The molecule has 3 aliphatic heterocycles. The van der Waals surface area contributed by atoms with Crippen LogP contribution in [-0.4, -0.2) is 169 Å². The molecule has 3 saturated heterocycles. The standard InChI is InChI=1S/2C30H61N2.2C9H17N2.3U/c1-3-4-5-6-7-8-9-10-11-12-13-14-15-16-17-18-19-20-21-22-23-24-27-31(2)30-32-28-25-26-29-32;1-5-8-9-10-11-12-13-14-15-16-17-18-19-20-21-22-23-24-25-26-27-28-29-31(4)30-32(6-2)7-3;1-2-6-10(5-1)9-11-7-3-4-8-11;1-5-10(6-2)9-11(7-3)8-4;;;/h30H,3-29H2,1-2H3;30H,2-3,5-29H2,1,4H3;2*9H,1-8H2;;;/q+1;-1;+1;-3;3*+2. The van der Waals surface area contributed by atoms with E-state index in [2.05, 4.69) is 117 Å². The molecular weight excluding hydrogens is 1760 g/mol. The fraction of sp³-hybridized carbons (Fsp3) is 0.872. The summed E-state index contributed by atoms with van der Waals surface area (Å²) < 4.78 is 9.11. The molecule has 0 amide bonds. The minimum atomic E-state index is 0. The molecule has 3 aliphatic rings. The van der Waals surface area contributed by atoms with Gasteiger partial charge in [-0.25, -0.2) is 0 Å². The minimum absolute atomic E-state index is 0. The smallest absolute Gasteiger partial charge is 0.327 e. The van der Waals surface area contributed by atoms with E-state index in [-0.39, 0.29) is 93.3 Å². The largest absolute Gasteiger partial charge is 2.00 e. The third-order valence-electron chi connectivity index (χ3n) is 18.2. The van der Waals surface area contributed by atoms with Gasteiger partial charge in [-0.05, 0) is 103 Å². The predicted molar refractivity (Wildman–Crippen MR) is 387 cm³/mol. The molecule has 0 atom stereocenters. The molecule has 3 fully saturated rings. The minimum Gasteiger partial charge on any atom is -0.327 e. The second kappa shape index (κ2) is 79.7. The van der Waals surface area contributed by atoms with Crippen molar-refractivity contribution in [1.82, 2.24) is 19.6 Å². The molecule has 0 radical (unpaired) electrons. The van der Waals surface area contributed by atoms with Crippen LogP contribution in [0.25, 0.3) is 0 Å². The van der Waals surface area contributed by atoms with Crippen LogP contribution in [0.1, 0.15) is 335 Å². The second-order valence-electron chi connectivity index (χ2n) is 26.6. The summed E-state index contributed by atoms with van der Waals surface area (Å²) >= 11 is 0. The van der Waals surface area contributed by atoms with Gasteiger partial charge in [-0.3, -0.25) is 23.9 Å². The average molecular weight is 1920 g/mol. The van der Waals surface area contributed by atoms with Crippen LogP contribution in [-0.2, 0) is 0 Å². The van der Waals surface area contributed by atoms with Crippen molar-refractivity contribution in [3.8, 4) is 0 Å². The molecule has 0 spiro atoms. The summed E-state index contributed by atoms with van der Waals surface area (Å²) in [6.45, 7) is 42.1. The number of unbranched alkanes of at least 4 members (excludes halogenated alkanes) is 42. The van der Waals surface area contributed by atoms with Gasteiger partial charge in [0, 0.05) is 0 Å². The van der Waals surface area contributed by atoms with Crippen molar-refractivity contribution in [3.05, 3.63) is 41.5 Å². The topological polar surface area (TPSA) is 25.0 Å². The Morgan fingerprint density at radius 1 is 0.326 bits per heavy atom. The zero-order valence-electron chi connectivity index (χ0n) is 60.9. The molecule has 3 rings (SSSR count). The summed E-state index contributed by atoms with van der Waals surface area (Å²) in [5, 5.41) is 0. The van der Waals surface area contributed by atoms with Crippen molar-refractivity contribution in [2.75, 3.05) is 106 Å². The maximum Gasteiger partial charge on any atom is 2.00 e. The van der Waals surface area contributed by atoms with Gasteiger partial charge in [0.05, 0.1) is 66.5 Å². The van der Waals surface area contributed by atoms with Crippen LogP contribution in [0.4, 0.5) is 0 Å². The molecule has 11 heteroatoms. The van der Waals surface area contributed by atoms with E-state index < -0.39 is 0 Å². The Hall–Kier alpha value is 1.04. The number of nitrogens with zero attached hydrogens (tertiary/aromatic N) is 8. The van der Waals surface area contributed by atoms with Crippen LogP contribution in [0.5, 0.6) is 0 Å². The Morgan fingerprint density at radius 2 is 0.573 bits per heavy atom. The molecule has 516 valence electrons. The Bertz CT molecular complexity index is 1390. The number of likely N-dealkylation sites (tertiary alicyclic amines) is 1. The molecular formula is C78H156N8U3+4. The Kier molecular flexibility index (Phi) is 86.4. The summed E-state index contributed by atoms with van der Waals surface area (Å²) in [6.07, 6.45) is 81.2.